The van der Waals surface area contributed by atoms with Crippen molar-refractivity contribution in [3.8, 4) is 0 Å². The van der Waals surface area contributed by atoms with Gasteiger partial charge in [0.15, 0.2) is 5.96 Å². The van der Waals surface area contributed by atoms with Crippen molar-refractivity contribution in [1.82, 2.24) is 14.9 Å². The topological polar surface area (TPSA) is 73.8 Å². The summed E-state index contributed by atoms with van der Waals surface area (Å²) in [7, 11) is 1.39. The maximum absolute atomic E-state index is 12.1. The Labute approximate surface area is 168 Å². The summed E-state index contributed by atoms with van der Waals surface area (Å²) in [5, 5.41) is 6.61. The second-order valence-corrected chi connectivity index (χ2v) is 9.21. The third-order valence-corrected chi connectivity index (χ3v) is 6.40. The number of nitrogens with zero attached hydrogens (tertiary/aromatic N) is 2. The molecule has 2 rings (SSSR count). The predicted octanol–water partition coefficient (Wildman–Crippen LogP) is 2.71. The Morgan fingerprint density at radius 1 is 1.11 bits per heavy atom. The third kappa shape index (κ3) is 5.81. The average molecular weight is 403 g/mol. The highest BCUT2D eigenvalue weighted by Gasteiger charge is 2.16. The van der Waals surface area contributed by atoms with Crippen LogP contribution in [0.1, 0.15) is 29.5 Å². The molecule has 28 heavy (non-hydrogen) atoms. The Balaban J connectivity index is 1.90. The van der Waals surface area contributed by atoms with Crippen LogP contribution in [0.25, 0.3) is 0 Å². The quantitative estimate of drug-likeness (QED) is 0.552. The van der Waals surface area contributed by atoms with Gasteiger partial charge in [-0.1, -0.05) is 48.9 Å². The van der Waals surface area contributed by atoms with Crippen molar-refractivity contribution in [2.45, 2.75) is 31.2 Å². The van der Waals surface area contributed by atoms with Crippen LogP contribution in [0.3, 0.4) is 0 Å². The van der Waals surface area contributed by atoms with E-state index >= 15 is 0 Å². The lowest BCUT2D eigenvalue weighted by molar-refractivity contribution is 0.520. The highest BCUT2D eigenvalue weighted by Crippen LogP contribution is 2.16. The zero-order valence-electron chi connectivity index (χ0n) is 17.2. The molecule has 0 aliphatic heterocycles. The molecule has 1 unspecified atom stereocenters. The number of guanidine groups is 1. The number of hydrogen-bond donors (Lipinski definition) is 2. The molecule has 152 valence electrons. The fraction of sp³-hybridized carbons (Fsp3) is 0.381. The second kappa shape index (κ2) is 9.71. The Morgan fingerprint density at radius 2 is 1.79 bits per heavy atom. The van der Waals surface area contributed by atoms with E-state index in [9.17, 15) is 8.42 Å². The lowest BCUT2D eigenvalue weighted by Gasteiger charge is -2.17. The largest absolute Gasteiger partial charge is 0.356 e. The van der Waals surface area contributed by atoms with Crippen LogP contribution >= 0.6 is 0 Å². The van der Waals surface area contributed by atoms with E-state index < -0.39 is 10.0 Å². The molecule has 1 atom stereocenters. The monoisotopic (exact) mass is 402 g/mol. The minimum absolute atomic E-state index is 0.288. The smallest absolute Gasteiger partial charge is 0.242 e. The first kappa shape index (κ1) is 21.9. The summed E-state index contributed by atoms with van der Waals surface area (Å²) in [5.41, 5.74) is 3.53. The van der Waals surface area contributed by atoms with Gasteiger partial charge in [0.05, 0.1) is 4.90 Å². The first-order valence-corrected chi connectivity index (χ1v) is 10.7. The Kier molecular flexibility index (Phi) is 7.60. The number of sulfonamides is 1. The van der Waals surface area contributed by atoms with E-state index in [-0.39, 0.29) is 4.90 Å². The summed E-state index contributed by atoms with van der Waals surface area (Å²) in [5.74, 6) is 1.07. The van der Waals surface area contributed by atoms with Crippen LogP contribution in [-0.4, -0.2) is 46.4 Å². The second-order valence-electron chi connectivity index (χ2n) is 7.05. The molecule has 0 aliphatic carbocycles. The summed E-state index contributed by atoms with van der Waals surface area (Å²) >= 11 is 0. The van der Waals surface area contributed by atoms with Crippen molar-refractivity contribution in [1.29, 1.82) is 0 Å². The predicted molar refractivity (Wildman–Crippen MR) is 115 cm³/mol. The van der Waals surface area contributed by atoms with Crippen LogP contribution in [0, 0.1) is 6.92 Å². The minimum atomic E-state index is -3.40. The molecule has 2 aromatic rings. The van der Waals surface area contributed by atoms with Crippen molar-refractivity contribution >= 4 is 16.0 Å². The van der Waals surface area contributed by atoms with Gasteiger partial charge in [0, 0.05) is 34.2 Å². The molecule has 0 saturated heterocycles. The van der Waals surface area contributed by atoms with E-state index in [4.69, 9.17) is 0 Å². The number of aryl methyl sites for hydroxylation is 1. The van der Waals surface area contributed by atoms with Crippen LogP contribution in [0.4, 0.5) is 0 Å². The van der Waals surface area contributed by atoms with E-state index in [2.05, 4.69) is 53.7 Å². The Hall–Kier alpha value is -2.38. The van der Waals surface area contributed by atoms with Gasteiger partial charge in [-0.2, -0.15) is 0 Å². The number of nitrogens with one attached hydrogen (secondary N) is 2. The summed E-state index contributed by atoms with van der Waals surface area (Å²) in [6.45, 7) is 5.60. The van der Waals surface area contributed by atoms with E-state index in [1.54, 1.807) is 19.2 Å². The Bertz CT molecular complexity index is 906. The minimum Gasteiger partial charge on any atom is -0.356 e. The van der Waals surface area contributed by atoms with E-state index in [1.807, 2.05) is 12.1 Å². The molecule has 0 saturated carbocycles. The molecule has 0 aliphatic rings. The van der Waals surface area contributed by atoms with E-state index in [0.29, 0.717) is 18.4 Å². The molecule has 0 amide bonds. The zero-order chi connectivity index (χ0) is 20.7. The molecule has 0 radical (unpaired) electrons. The molecular weight excluding hydrogens is 372 g/mol. The average Bonchev–Trinajstić information content (AvgIpc) is 2.68. The number of hydrogen-bond acceptors (Lipinski definition) is 3. The zero-order valence-corrected chi connectivity index (χ0v) is 18.0. The lowest BCUT2D eigenvalue weighted by atomic mass is 9.99. The maximum atomic E-state index is 12.1. The highest BCUT2D eigenvalue weighted by molar-refractivity contribution is 7.89. The molecule has 7 heteroatoms. The number of benzene rings is 2. The standard InChI is InChI=1S/C21H30N4O2S/c1-16-7-6-8-19(13-16)17(2)14-23-21(22-3)24-15-18-9-11-20(12-10-18)28(26,27)25(4)5/h6-13,17H,14-15H2,1-5H3,(H2,22,23,24). The summed E-state index contributed by atoms with van der Waals surface area (Å²) in [6, 6.07) is 15.4. The fourth-order valence-corrected chi connectivity index (χ4v) is 3.64. The SMILES string of the molecule is CN=C(NCc1ccc(S(=O)(=O)N(C)C)cc1)NCC(C)c1cccc(C)c1. The molecule has 2 aromatic carbocycles. The Morgan fingerprint density at radius 3 is 2.36 bits per heavy atom. The van der Waals surface area contributed by atoms with Gasteiger partial charge < -0.3 is 10.6 Å². The van der Waals surface area contributed by atoms with Gasteiger partial charge >= 0.3 is 0 Å². The molecule has 0 spiro atoms. The summed E-state index contributed by atoms with van der Waals surface area (Å²) < 4.78 is 25.5. The molecule has 0 aromatic heterocycles. The van der Waals surface area contributed by atoms with Gasteiger partial charge in [-0.25, -0.2) is 12.7 Å². The van der Waals surface area contributed by atoms with Crippen LogP contribution in [0.5, 0.6) is 0 Å². The molecule has 0 bridgehead atoms. The van der Waals surface area contributed by atoms with Crippen LogP contribution < -0.4 is 10.6 Å². The first-order valence-electron chi connectivity index (χ1n) is 9.26. The molecular formula is C21H30N4O2S. The van der Waals surface area contributed by atoms with Gasteiger partial charge in [0.2, 0.25) is 10.0 Å². The molecule has 6 nitrogen and oxygen atoms in total. The first-order chi connectivity index (χ1) is 13.2. The van der Waals surface area contributed by atoms with Gasteiger partial charge in [-0.15, -0.1) is 0 Å². The van der Waals surface area contributed by atoms with E-state index in [1.165, 1.54) is 29.5 Å². The van der Waals surface area contributed by atoms with Gasteiger partial charge in [0.1, 0.15) is 0 Å². The van der Waals surface area contributed by atoms with Gasteiger partial charge in [-0.05, 0) is 36.1 Å². The summed E-state index contributed by atoms with van der Waals surface area (Å²) in [4.78, 5) is 4.55. The van der Waals surface area contributed by atoms with Crippen molar-refractivity contribution in [2.75, 3.05) is 27.7 Å². The molecule has 0 heterocycles. The third-order valence-electron chi connectivity index (χ3n) is 4.57. The van der Waals surface area contributed by atoms with Crippen LogP contribution in [0.2, 0.25) is 0 Å². The molecule has 0 fully saturated rings. The maximum Gasteiger partial charge on any atom is 0.242 e. The van der Waals surface area contributed by atoms with Crippen LogP contribution in [0.15, 0.2) is 58.4 Å². The highest BCUT2D eigenvalue weighted by atomic mass is 32.2. The van der Waals surface area contributed by atoms with Crippen molar-refractivity contribution in [3.63, 3.8) is 0 Å². The van der Waals surface area contributed by atoms with Gasteiger partial charge in [-0.3, -0.25) is 4.99 Å². The van der Waals surface area contributed by atoms with Crippen molar-refractivity contribution in [2.24, 2.45) is 4.99 Å². The normalized spacial score (nSPS) is 13.4. The molecule has 2 N–H and O–H groups in total. The fourth-order valence-electron chi connectivity index (χ4n) is 2.74. The van der Waals surface area contributed by atoms with Gasteiger partial charge in [0.25, 0.3) is 0 Å². The van der Waals surface area contributed by atoms with Crippen LogP contribution in [-0.2, 0) is 16.6 Å². The lowest BCUT2D eigenvalue weighted by Crippen LogP contribution is -2.38. The van der Waals surface area contributed by atoms with Crippen molar-refractivity contribution < 1.29 is 8.42 Å². The van der Waals surface area contributed by atoms with Crippen molar-refractivity contribution in [3.05, 3.63) is 65.2 Å². The van der Waals surface area contributed by atoms with E-state index in [0.717, 1.165) is 12.1 Å². The number of aliphatic imine (C=N–C) groups is 1. The number of rotatable bonds is 7. The summed E-state index contributed by atoms with van der Waals surface area (Å²) in [6.07, 6.45) is 0.